The van der Waals surface area contributed by atoms with Crippen molar-refractivity contribution in [3.63, 3.8) is 0 Å². The van der Waals surface area contributed by atoms with Crippen molar-refractivity contribution in [3.8, 4) is 0 Å². The zero-order valence-electron chi connectivity index (χ0n) is 12.1. The maximum Gasteiger partial charge on any atom is 0.321 e. The van der Waals surface area contributed by atoms with Gasteiger partial charge in [0.25, 0.3) is 0 Å². The van der Waals surface area contributed by atoms with Gasteiger partial charge in [0, 0.05) is 31.7 Å². The zero-order valence-corrected chi connectivity index (χ0v) is 12.9. The molecule has 0 unspecified atom stereocenters. The Labute approximate surface area is 129 Å². The van der Waals surface area contributed by atoms with Gasteiger partial charge in [0.1, 0.15) is 6.04 Å². The van der Waals surface area contributed by atoms with Crippen LogP contribution in [0.4, 0.5) is 4.79 Å². The van der Waals surface area contributed by atoms with Crippen molar-refractivity contribution in [1.29, 1.82) is 0 Å². The van der Waals surface area contributed by atoms with Crippen LogP contribution < -0.4 is 0 Å². The Balaban J connectivity index is 1.80. The maximum atomic E-state index is 12.6. The number of hydrogen-bond donors (Lipinski definition) is 0. The number of carbonyl (C=O) groups is 2. The Kier molecular flexibility index (Phi) is 3.53. The molecule has 1 aromatic carbocycles. The molecule has 5 nitrogen and oxygen atoms in total. The Morgan fingerprint density at radius 1 is 1.24 bits per heavy atom. The highest BCUT2D eigenvalue weighted by atomic mass is 35.5. The van der Waals surface area contributed by atoms with E-state index in [0.717, 1.165) is 5.56 Å². The minimum Gasteiger partial charge on any atom is -0.342 e. The lowest BCUT2D eigenvalue weighted by molar-refractivity contribution is -0.139. The van der Waals surface area contributed by atoms with E-state index in [-0.39, 0.29) is 18.0 Å². The van der Waals surface area contributed by atoms with Gasteiger partial charge in [-0.2, -0.15) is 0 Å². The molecule has 0 bridgehead atoms. The average molecular weight is 308 g/mol. The van der Waals surface area contributed by atoms with Crippen molar-refractivity contribution in [2.24, 2.45) is 0 Å². The molecule has 2 fully saturated rings. The van der Waals surface area contributed by atoms with Crippen LogP contribution in [0.25, 0.3) is 0 Å². The van der Waals surface area contributed by atoms with Crippen molar-refractivity contribution in [3.05, 3.63) is 34.9 Å². The number of piperazine rings is 1. The summed E-state index contributed by atoms with van der Waals surface area (Å²) in [6.45, 7) is 3.50. The molecule has 21 heavy (non-hydrogen) atoms. The van der Waals surface area contributed by atoms with Crippen molar-refractivity contribution in [2.45, 2.75) is 25.6 Å². The van der Waals surface area contributed by atoms with Crippen LogP contribution in [0.2, 0.25) is 5.02 Å². The van der Waals surface area contributed by atoms with Crippen LogP contribution in [0.15, 0.2) is 24.3 Å². The van der Waals surface area contributed by atoms with Crippen molar-refractivity contribution in [2.75, 3.05) is 20.1 Å². The molecule has 0 aliphatic carbocycles. The summed E-state index contributed by atoms with van der Waals surface area (Å²) in [6, 6.07) is 7.13. The molecule has 1 aromatic rings. The van der Waals surface area contributed by atoms with Crippen LogP contribution in [0.5, 0.6) is 0 Å². The van der Waals surface area contributed by atoms with Crippen LogP contribution in [0, 0.1) is 0 Å². The van der Waals surface area contributed by atoms with Gasteiger partial charge in [-0.15, -0.1) is 0 Å². The van der Waals surface area contributed by atoms with E-state index in [0.29, 0.717) is 24.7 Å². The quantitative estimate of drug-likeness (QED) is 0.836. The summed E-state index contributed by atoms with van der Waals surface area (Å²) in [4.78, 5) is 29.8. The first kappa shape index (κ1) is 14.2. The molecule has 6 heteroatoms. The largest absolute Gasteiger partial charge is 0.342 e. The number of amides is 3. The predicted molar refractivity (Wildman–Crippen MR) is 80.0 cm³/mol. The van der Waals surface area contributed by atoms with E-state index < -0.39 is 6.04 Å². The summed E-state index contributed by atoms with van der Waals surface area (Å²) in [7, 11) is 1.79. The minimum absolute atomic E-state index is 0.000747. The van der Waals surface area contributed by atoms with Crippen molar-refractivity contribution < 1.29 is 9.59 Å². The van der Waals surface area contributed by atoms with Gasteiger partial charge in [-0.05, 0) is 18.6 Å². The molecule has 0 radical (unpaired) electrons. The van der Waals surface area contributed by atoms with Gasteiger partial charge in [-0.25, -0.2) is 4.79 Å². The van der Waals surface area contributed by atoms with Gasteiger partial charge < -0.3 is 14.7 Å². The SMILES string of the molecule is C[C@H]1C(=O)N(C)C[C@@H]2CN(Cc3ccccc3Cl)C(=O)N21. The maximum absolute atomic E-state index is 12.6. The number of likely N-dealkylation sites (N-methyl/N-ethyl adjacent to an activating group) is 1. The van der Waals surface area contributed by atoms with Gasteiger partial charge in [-0.1, -0.05) is 29.8 Å². The molecule has 0 aromatic heterocycles. The minimum atomic E-state index is -0.391. The molecule has 2 aliphatic rings. The lowest BCUT2D eigenvalue weighted by Crippen LogP contribution is -2.58. The van der Waals surface area contributed by atoms with Crippen molar-refractivity contribution >= 4 is 23.5 Å². The normalized spacial score (nSPS) is 25.6. The van der Waals surface area contributed by atoms with Gasteiger partial charge in [0.05, 0.1) is 6.04 Å². The monoisotopic (exact) mass is 307 g/mol. The number of urea groups is 1. The summed E-state index contributed by atoms with van der Waals surface area (Å²) in [6.07, 6.45) is 0. The van der Waals surface area contributed by atoms with E-state index in [1.54, 1.807) is 28.7 Å². The van der Waals surface area contributed by atoms with E-state index in [4.69, 9.17) is 11.6 Å². The molecule has 0 saturated carbocycles. The summed E-state index contributed by atoms with van der Waals surface area (Å²) in [5.74, 6) is -0.000747. The lowest BCUT2D eigenvalue weighted by atomic mass is 10.1. The Bertz CT molecular complexity index is 592. The predicted octanol–water partition coefficient (Wildman–Crippen LogP) is 1.81. The van der Waals surface area contributed by atoms with Gasteiger partial charge in [-0.3, -0.25) is 4.79 Å². The third-order valence-electron chi connectivity index (χ3n) is 4.27. The fourth-order valence-electron chi connectivity index (χ4n) is 3.18. The first-order valence-electron chi connectivity index (χ1n) is 7.04. The Hall–Kier alpha value is -1.75. The number of benzene rings is 1. The number of hydrogen-bond acceptors (Lipinski definition) is 2. The number of nitrogens with zero attached hydrogens (tertiary/aromatic N) is 3. The molecule has 2 atom stereocenters. The van der Waals surface area contributed by atoms with E-state index >= 15 is 0 Å². The number of rotatable bonds is 2. The van der Waals surface area contributed by atoms with E-state index in [9.17, 15) is 9.59 Å². The summed E-state index contributed by atoms with van der Waals surface area (Å²) >= 11 is 6.16. The first-order valence-corrected chi connectivity index (χ1v) is 7.42. The fourth-order valence-corrected chi connectivity index (χ4v) is 3.37. The van der Waals surface area contributed by atoms with Gasteiger partial charge in [0.2, 0.25) is 5.91 Å². The highest BCUT2D eigenvalue weighted by Crippen LogP contribution is 2.27. The highest BCUT2D eigenvalue weighted by Gasteiger charge is 2.46. The van der Waals surface area contributed by atoms with Crippen LogP contribution >= 0.6 is 11.6 Å². The molecule has 0 N–H and O–H groups in total. The second-order valence-corrected chi connectivity index (χ2v) is 6.12. The van der Waals surface area contributed by atoms with E-state index in [1.807, 2.05) is 24.3 Å². The molecule has 2 saturated heterocycles. The van der Waals surface area contributed by atoms with E-state index in [1.165, 1.54) is 0 Å². The Morgan fingerprint density at radius 2 is 1.95 bits per heavy atom. The summed E-state index contributed by atoms with van der Waals surface area (Å²) < 4.78 is 0. The van der Waals surface area contributed by atoms with Crippen molar-refractivity contribution in [1.82, 2.24) is 14.7 Å². The standard InChI is InChI=1S/C15H18ClN3O2/c1-10-14(20)17(2)8-12-9-18(15(21)19(10)12)7-11-5-3-4-6-13(11)16/h3-6,10,12H,7-9H2,1-2H3/t10-,12+/m0/s1. The van der Waals surface area contributed by atoms with E-state index in [2.05, 4.69) is 0 Å². The molecular weight excluding hydrogens is 290 g/mol. The third kappa shape index (κ3) is 2.35. The number of fused-ring (bicyclic) bond motifs is 1. The smallest absolute Gasteiger partial charge is 0.321 e. The lowest BCUT2D eigenvalue weighted by Gasteiger charge is -2.38. The summed E-state index contributed by atoms with van der Waals surface area (Å²) in [5, 5.41) is 0.663. The average Bonchev–Trinajstić information content (AvgIpc) is 2.75. The van der Waals surface area contributed by atoms with Crippen LogP contribution in [-0.4, -0.2) is 58.9 Å². The molecule has 2 aliphatic heterocycles. The first-order chi connectivity index (χ1) is 9.99. The second-order valence-electron chi connectivity index (χ2n) is 5.71. The van der Waals surface area contributed by atoms with Crippen LogP contribution in [0.3, 0.4) is 0 Å². The van der Waals surface area contributed by atoms with Crippen LogP contribution in [0.1, 0.15) is 12.5 Å². The number of halogens is 1. The zero-order chi connectivity index (χ0) is 15.1. The van der Waals surface area contributed by atoms with Gasteiger partial charge >= 0.3 is 6.03 Å². The Morgan fingerprint density at radius 3 is 2.67 bits per heavy atom. The van der Waals surface area contributed by atoms with Crippen LogP contribution in [-0.2, 0) is 11.3 Å². The molecule has 112 valence electrons. The summed E-state index contributed by atoms with van der Waals surface area (Å²) in [5.41, 5.74) is 0.930. The highest BCUT2D eigenvalue weighted by molar-refractivity contribution is 6.31. The molecule has 3 rings (SSSR count). The molecular formula is C15H18ClN3O2. The molecule has 2 heterocycles. The second kappa shape index (κ2) is 5.22. The van der Waals surface area contributed by atoms with Gasteiger partial charge in [0.15, 0.2) is 0 Å². The third-order valence-corrected chi connectivity index (χ3v) is 4.64. The topological polar surface area (TPSA) is 43.9 Å². The molecule has 0 spiro atoms. The fraction of sp³-hybridized carbons (Fsp3) is 0.467. The molecule has 3 amide bonds. The number of carbonyl (C=O) groups excluding carboxylic acids is 2.